The first-order valence-electron chi connectivity index (χ1n) is 6.94. The minimum Gasteiger partial charge on any atom is -0.480 e. The molecule has 2 unspecified atom stereocenters. The van der Waals surface area contributed by atoms with Gasteiger partial charge < -0.3 is 15.0 Å². The van der Waals surface area contributed by atoms with Crippen LogP contribution in [0.1, 0.15) is 18.7 Å². The number of carboxylic acid groups (broad SMARTS) is 1. The molecule has 1 saturated heterocycles. The number of hydrogen-bond acceptors (Lipinski definition) is 4. The third-order valence-corrected chi connectivity index (χ3v) is 5.30. The molecular weight excluding hydrogens is 292 g/mol. The second-order valence-electron chi connectivity index (χ2n) is 5.50. The predicted octanol–water partition coefficient (Wildman–Crippen LogP) is 1.20. The molecule has 0 bridgehead atoms. The zero-order valence-corrected chi connectivity index (χ0v) is 12.5. The van der Waals surface area contributed by atoms with Crippen LogP contribution in [-0.4, -0.2) is 61.1 Å². The molecule has 114 valence electrons. The number of amides is 2. The second kappa shape index (κ2) is 5.59. The molecule has 2 heterocycles. The zero-order chi connectivity index (χ0) is 15.0. The van der Waals surface area contributed by atoms with Crippen LogP contribution in [0, 0.1) is 5.92 Å². The van der Waals surface area contributed by atoms with Gasteiger partial charge in [0.2, 0.25) is 0 Å². The molecule has 1 aromatic heterocycles. The summed E-state index contributed by atoms with van der Waals surface area (Å²) in [5, 5.41) is 9.34. The van der Waals surface area contributed by atoms with Crippen LogP contribution in [0.25, 0.3) is 0 Å². The first-order valence-corrected chi connectivity index (χ1v) is 7.99. The summed E-state index contributed by atoms with van der Waals surface area (Å²) < 4.78 is 0. The van der Waals surface area contributed by atoms with Gasteiger partial charge >= 0.3 is 12.0 Å². The van der Waals surface area contributed by atoms with E-state index in [1.54, 1.807) is 36.1 Å². The molecule has 0 spiro atoms. The predicted molar refractivity (Wildman–Crippen MR) is 77.7 cm³/mol. The van der Waals surface area contributed by atoms with Crippen LogP contribution >= 0.6 is 11.8 Å². The van der Waals surface area contributed by atoms with Crippen LogP contribution in [0.4, 0.5) is 4.79 Å². The average molecular weight is 310 g/mol. The first-order chi connectivity index (χ1) is 10.1. The quantitative estimate of drug-likeness (QED) is 0.872. The number of nitrogens with one attached hydrogen (secondary N) is 1. The number of carboxylic acids is 1. The molecule has 1 aromatic rings. The molecule has 1 saturated carbocycles. The number of rotatable bonds is 4. The molecule has 2 N–H and O–H groups in total. The van der Waals surface area contributed by atoms with Crippen molar-refractivity contribution in [3.05, 3.63) is 18.2 Å². The summed E-state index contributed by atoms with van der Waals surface area (Å²) in [6.07, 6.45) is 5.49. The van der Waals surface area contributed by atoms with Crippen molar-refractivity contribution < 1.29 is 14.7 Å². The van der Waals surface area contributed by atoms with Crippen LogP contribution in [0.3, 0.4) is 0 Å². The van der Waals surface area contributed by atoms with Gasteiger partial charge in [0.25, 0.3) is 0 Å². The number of nitrogens with zero attached hydrogens (tertiary/aromatic N) is 3. The van der Waals surface area contributed by atoms with Crippen LogP contribution < -0.4 is 0 Å². The zero-order valence-electron chi connectivity index (χ0n) is 11.7. The van der Waals surface area contributed by atoms with Gasteiger partial charge in [0.05, 0.1) is 11.9 Å². The Bertz CT molecular complexity index is 532. The minimum atomic E-state index is -0.926. The molecule has 0 aromatic carbocycles. The van der Waals surface area contributed by atoms with E-state index in [9.17, 15) is 14.7 Å². The molecule has 2 atom stereocenters. The van der Waals surface area contributed by atoms with Crippen molar-refractivity contribution in [3.63, 3.8) is 0 Å². The number of aliphatic carboxylic acids is 1. The summed E-state index contributed by atoms with van der Waals surface area (Å²) in [6.45, 7) is 0.344. The second-order valence-corrected chi connectivity index (χ2v) is 6.65. The van der Waals surface area contributed by atoms with Crippen LogP contribution in [0.5, 0.6) is 0 Å². The number of imidazole rings is 1. The fraction of sp³-hybridized carbons (Fsp3) is 0.615. The highest BCUT2D eigenvalue weighted by Gasteiger charge is 2.48. The molecule has 21 heavy (non-hydrogen) atoms. The molecule has 2 amide bonds. The van der Waals surface area contributed by atoms with Gasteiger partial charge in [-0.15, -0.1) is 11.8 Å². The Morgan fingerprint density at radius 1 is 1.57 bits per heavy atom. The normalized spacial score (nSPS) is 25.1. The molecule has 1 aliphatic carbocycles. The molecule has 8 heteroatoms. The minimum absolute atomic E-state index is 0.00217. The number of thioether (sulfide) groups is 1. The van der Waals surface area contributed by atoms with Gasteiger partial charge in [0, 0.05) is 25.2 Å². The molecule has 3 rings (SSSR count). The first kappa shape index (κ1) is 14.2. The number of carbonyl (C=O) groups is 2. The molecule has 7 nitrogen and oxygen atoms in total. The van der Waals surface area contributed by atoms with E-state index in [1.807, 2.05) is 0 Å². The summed E-state index contributed by atoms with van der Waals surface area (Å²) in [5.41, 5.74) is 0. The van der Waals surface area contributed by atoms with Crippen molar-refractivity contribution in [2.24, 2.45) is 5.92 Å². The van der Waals surface area contributed by atoms with Crippen molar-refractivity contribution in [2.45, 2.75) is 30.8 Å². The van der Waals surface area contributed by atoms with E-state index in [4.69, 9.17) is 0 Å². The summed E-state index contributed by atoms with van der Waals surface area (Å²) in [4.78, 5) is 34.2. The van der Waals surface area contributed by atoms with E-state index in [2.05, 4.69) is 9.97 Å². The topological polar surface area (TPSA) is 89.5 Å². The Balaban J connectivity index is 1.74. The van der Waals surface area contributed by atoms with Gasteiger partial charge in [0.1, 0.15) is 11.9 Å². The van der Waals surface area contributed by atoms with Crippen molar-refractivity contribution in [3.8, 4) is 0 Å². The maximum Gasteiger partial charge on any atom is 0.327 e. The van der Waals surface area contributed by atoms with Gasteiger partial charge in [-0.1, -0.05) is 0 Å². The number of aromatic nitrogens is 2. The van der Waals surface area contributed by atoms with Gasteiger partial charge in [0.15, 0.2) is 0 Å². The maximum atomic E-state index is 12.7. The standard InChI is InChI=1S/C13H18N4O3S/c1-16(6-10-14-4-5-15-10)13(20)17-9(12(18)19)7-21-11(17)8-2-3-8/h4-5,8-9,11H,2-3,6-7H2,1H3,(H,14,15)(H,18,19). The summed E-state index contributed by atoms with van der Waals surface area (Å²) >= 11 is 1.59. The van der Waals surface area contributed by atoms with Crippen molar-refractivity contribution in [1.29, 1.82) is 0 Å². The third kappa shape index (κ3) is 2.85. The van der Waals surface area contributed by atoms with Crippen molar-refractivity contribution in [2.75, 3.05) is 12.8 Å². The Hall–Kier alpha value is -1.70. The van der Waals surface area contributed by atoms with E-state index in [-0.39, 0.29) is 11.4 Å². The van der Waals surface area contributed by atoms with Crippen molar-refractivity contribution >= 4 is 23.8 Å². The van der Waals surface area contributed by atoms with Crippen molar-refractivity contribution in [1.82, 2.24) is 19.8 Å². The van der Waals surface area contributed by atoms with E-state index < -0.39 is 12.0 Å². The highest BCUT2D eigenvalue weighted by molar-refractivity contribution is 8.00. The maximum absolute atomic E-state index is 12.7. The summed E-state index contributed by atoms with van der Waals surface area (Å²) in [7, 11) is 1.68. The Morgan fingerprint density at radius 2 is 2.33 bits per heavy atom. The summed E-state index contributed by atoms with van der Waals surface area (Å²) in [5.74, 6) is 0.676. The smallest absolute Gasteiger partial charge is 0.327 e. The lowest BCUT2D eigenvalue weighted by Gasteiger charge is -2.31. The van der Waals surface area contributed by atoms with E-state index in [1.165, 1.54) is 4.90 Å². The molecular formula is C13H18N4O3S. The van der Waals surface area contributed by atoms with Crippen LogP contribution in [0.2, 0.25) is 0 Å². The van der Waals surface area contributed by atoms with E-state index in [0.29, 0.717) is 24.0 Å². The fourth-order valence-corrected chi connectivity index (χ4v) is 4.20. The van der Waals surface area contributed by atoms with Crippen LogP contribution in [-0.2, 0) is 11.3 Å². The lowest BCUT2D eigenvalue weighted by atomic mass is 10.2. The number of hydrogen-bond donors (Lipinski definition) is 2. The number of aromatic amines is 1. The third-order valence-electron chi connectivity index (χ3n) is 3.83. The molecule has 2 fully saturated rings. The molecule has 0 radical (unpaired) electrons. The van der Waals surface area contributed by atoms with E-state index in [0.717, 1.165) is 12.8 Å². The SMILES string of the molecule is CN(Cc1ncc[nH]1)C(=O)N1C(C(=O)O)CSC1C1CC1. The largest absolute Gasteiger partial charge is 0.480 e. The van der Waals surface area contributed by atoms with Gasteiger partial charge in [-0.05, 0) is 18.8 Å². The lowest BCUT2D eigenvalue weighted by molar-refractivity contribution is -0.141. The molecule has 1 aliphatic heterocycles. The Kier molecular flexibility index (Phi) is 3.79. The number of urea groups is 1. The fourth-order valence-electron chi connectivity index (χ4n) is 2.58. The van der Waals surface area contributed by atoms with Gasteiger partial charge in [-0.25, -0.2) is 14.6 Å². The highest BCUT2D eigenvalue weighted by Crippen LogP contribution is 2.45. The summed E-state index contributed by atoms with van der Waals surface area (Å²) in [6, 6.07) is -0.965. The number of H-pyrrole nitrogens is 1. The lowest BCUT2D eigenvalue weighted by Crippen LogP contribution is -2.51. The monoisotopic (exact) mass is 310 g/mol. The Morgan fingerprint density at radius 3 is 2.90 bits per heavy atom. The van der Waals surface area contributed by atoms with E-state index >= 15 is 0 Å². The molecule has 2 aliphatic rings. The number of carbonyl (C=O) groups excluding carboxylic acids is 1. The highest BCUT2D eigenvalue weighted by atomic mass is 32.2. The van der Waals surface area contributed by atoms with Gasteiger partial charge in [-0.3, -0.25) is 4.90 Å². The van der Waals surface area contributed by atoms with Gasteiger partial charge in [-0.2, -0.15) is 0 Å². The average Bonchev–Trinajstić information content (AvgIpc) is 3.00. The Labute approximate surface area is 126 Å². The van der Waals surface area contributed by atoms with Crippen LogP contribution in [0.15, 0.2) is 12.4 Å².